The van der Waals surface area contributed by atoms with Crippen molar-refractivity contribution in [2.75, 3.05) is 13.1 Å². The van der Waals surface area contributed by atoms with E-state index in [1.54, 1.807) is 0 Å². The van der Waals surface area contributed by atoms with Crippen LogP contribution in [0.3, 0.4) is 0 Å². The van der Waals surface area contributed by atoms with Gasteiger partial charge in [0.25, 0.3) is 0 Å². The van der Waals surface area contributed by atoms with E-state index in [0.29, 0.717) is 18.3 Å². The van der Waals surface area contributed by atoms with Gasteiger partial charge in [-0.2, -0.15) is 0 Å². The molecule has 0 aliphatic carbocycles. The second-order valence-electron chi connectivity index (χ2n) is 3.37. The molecule has 1 saturated heterocycles. The minimum atomic E-state index is 0.328. The van der Waals surface area contributed by atoms with Crippen LogP contribution in [0.2, 0.25) is 0 Å². The van der Waals surface area contributed by atoms with Gasteiger partial charge in [0.2, 0.25) is 0 Å². The molecule has 1 rings (SSSR count). The number of likely N-dealkylation sites (tertiary alicyclic amines) is 1. The Kier molecular flexibility index (Phi) is 3.34. The van der Waals surface area contributed by atoms with Crippen molar-refractivity contribution in [2.24, 2.45) is 10.9 Å². The van der Waals surface area contributed by atoms with Gasteiger partial charge in [-0.3, -0.25) is 0 Å². The van der Waals surface area contributed by atoms with Crippen molar-refractivity contribution >= 4 is 5.84 Å². The van der Waals surface area contributed by atoms with E-state index in [-0.39, 0.29) is 0 Å². The van der Waals surface area contributed by atoms with E-state index >= 15 is 0 Å². The lowest BCUT2D eigenvalue weighted by atomic mass is 10.2. The van der Waals surface area contributed by atoms with Crippen molar-refractivity contribution in [2.45, 2.75) is 32.2 Å². The van der Waals surface area contributed by atoms with Gasteiger partial charge in [0.15, 0.2) is 0 Å². The molecule has 4 nitrogen and oxygen atoms in total. The summed E-state index contributed by atoms with van der Waals surface area (Å²) in [4.78, 5) is 2.37. The first kappa shape index (κ1) is 9.32. The van der Waals surface area contributed by atoms with Crippen LogP contribution < -0.4 is 5.73 Å². The summed E-state index contributed by atoms with van der Waals surface area (Å²) < 4.78 is 0. The van der Waals surface area contributed by atoms with Crippen molar-refractivity contribution in [1.82, 2.24) is 4.90 Å². The van der Waals surface area contributed by atoms with E-state index in [0.717, 1.165) is 13.1 Å². The Morgan fingerprint density at radius 3 is 3.00 bits per heavy atom. The molecule has 0 aromatic carbocycles. The van der Waals surface area contributed by atoms with E-state index in [1.807, 2.05) is 0 Å². The third-order valence-corrected chi connectivity index (χ3v) is 2.47. The summed E-state index contributed by atoms with van der Waals surface area (Å²) in [5, 5.41) is 11.3. The van der Waals surface area contributed by atoms with Crippen LogP contribution in [0.25, 0.3) is 0 Å². The number of hydrogen-bond donors (Lipinski definition) is 2. The number of hydrogen-bond acceptors (Lipinski definition) is 3. The van der Waals surface area contributed by atoms with Crippen LogP contribution in [-0.2, 0) is 0 Å². The molecule has 12 heavy (non-hydrogen) atoms. The van der Waals surface area contributed by atoms with E-state index in [4.69, 9.17) is 10.9 Å². The first-order chi connectivity index (χ1) is 5.74. The normalized spacial score (nSPS) is 26.4. The van der Waals surface area contributed by atoms with Gasteiger partial charge in [-0.1, -0.05) is 5.16 Å². The quantitative estimate of drug-likeness (QED) is 0.283. The predicted molar refractivity (Wildman–Crippen MR) is 48.3 cm³/mol. The molecule has 0 spiro atoms. The maximum atomic E-state index is 8.32. The number of nitrogens with zero attached hydrogens (tertiary/aromatic N) is 2. The van der Waals surface area contributed by atoms with Gasteiger partial charge in [0, 0.05) is 19.0 Å². The molecule has 0 saturated carbocycles. The maximum Gasteiger partial charge on any atom is 0.140 e. The average molecular weight is 171 g/mol. The average Bonchev–Trinajstić information content (AvgIpc) is 2.47. The van der Waals surface area contributed by atoms with E-state index < -0.39 is 0 Å². The molecule has 70 valence electrons. The van der Waals surface area contributed by atoms with E-state index in [1.165, 1.54) is 12.8 Å². The molecule has 3 N–H and O–H groups in total. The minimum Gasteiger partial charge on any atom is -0.409 e. The van der Waals surface area contributed by atoms with Crippen LogP contribution in [0.1, 0.15) is 26.2 Å². The summed E-state index contributed by atoms with van der Waals surface area (Å²) >= 11 is 0. The molecule has 0 amide bonds. The van der Waals surface area contributed by atoms with Gasteiger partial charge in [-0.15, -0.1) is 0 Å². The summed E-state index contributed by atoms with van der Waals surface area (Å²) in [6.45, 7) is 4.29. The van der Waals surface area contributed by atoms with Crippen molar-refractivity contribution in [3.63, 3.8) is 0 Å². The fourth-order valence-electron chi connectivity index (χ4n) is 1.63. The van der Waals surface area contributed by atoms with Gasteiger partial charge in [-0.25, -0.2) is 0 Å². The molecular weight excluding hydrogens is 154 g/mol. The van der Waals surface area contributed by atoms with Crippen molar-refractivity contribution in [3.8, 4) is 0 Å². The lowest BCUT2D eigenvalue weighted by Gasteiger charge is -2.19. The molecule has 0 bridgehead atoms. The highest BCUT2D eigenvalue weighted by Gasteiger charge is 2.19. The zero-order valence-corrected chi connectivity index (χ0v) is 7.53. The lowest BCUT2D eigenvalue weighted by molar-refractivity contribution is 0.273. The van der Waals surface area contributed by atoms with Crippen LogP contribution in [0, 0.1) is 0 Å². The minimum absolute atomic E-state index is 0.328. The fourth-order valence-corrected chi connectivity index (χ4v) is 1.63. The van der Waals surface area contributed by atoms with Crippen LogP contribution >= 0.6 is 0 Å². The number of oxime groups is 1. The maximum absolute atomic E-state index is 8.32. The second kappa shape index (κ2) is 4.30. The summed E-state index contributed by atoms with van der Waals surface area (Å²) in [5.41, 5.74) is 5.37. The SMILES string of the molecule is CC1CCCN1CC/C(N)=N/O. The van der Waals surface area contributed by atoms with E-state index in [2.05, 4.69) is 17.0 Å². The number of amidine groups is 1. The molecule has 0 aromatic rings. The van der Waals surface area contributed by atoms with Gasteiger partial charge in [0.1, 0.15) is 5.84 Å². The van der Waals surface area contributed by atoms with Crippen LogP contribution in [0.5, 0.6) is 0 Å². The highest BCUT2D eigenvalue weighted by atomic mass is 16.4. The predicted octanol–water partition coefficient (Wildman–Crippen LogP) is 0.607. The molecule has 0 radical (unpaired) electrons. The summed E-state index contributed by atoms with van der Waals surface area (Å²) in [6.07, 6.45) is 3.22. The van der Waals surface area contributed by atoms with E-state index in [9.17, 15) is 0 Å². The summed E-state index contributed by atoms with van der Waals surface area (Å²) in [6, 6.07) is 0.663. The summed E-state index contributed by atoms with van der Waals surface area (Å²) in [5.74, 6) is 0.328. The largest absolute Gasteiger partial charge is 0.409 e. The highest BCUT2D eigenvalue weighted by Crippen LogP contribution is 2.15. The van der Waals surface area contributed by atoms with Crippen LogP contribution in [0.4, 0.5) is 0 Å². The van der Waals surface area contributed by atoms with Gasteiger partial charge >= 0.3 is 0 Å². The monoisotopic (exact) mass is 171 g/mol. The molecular formula is C8H17N3O. The Balaban J connectivity index is 2.22. The van der Waals surface area contributed by atoms with Gasteiger partial charge in [0.05, 0.1) is 0 Å². The zero-order chi connectivity index (χ0) is 8.97. The summed E-state index contributed by atoms with van der Waals surface area (Å²) in [7, 11) is 0. The van der Waals surface area contributed by atoms with Gasteiger partial charge < -0.3 is 15.8 Å². The Bertz CT molecular complexity index is 170. The number of rotatable bonds is 3. The standard InChI is InChI=1S/C8H17N3O/c1-7-3-2-5-11(7)6-4-8(9)10-12/h7,12H,2-6H2,1H3,(H2,9,10). The fraction of sp³-hybridized carbons (Fsp3) is 0.875. The molecule has 1 aliphatic heterocycles. The lowest BCUT2D eigenvalue weighted by Crippen LogP contribution is -2.30. The molecule has 1 atom stereocenters. The van der Waals surface area contributed by atoms with Crippen molar-refractivity contribution in [1.29, 1.82) is 0 Å². The van der Waals surface area contributed by atoms with Gasteiger partial charge in [-0.05, 0) is 26.3 Å². The van der Waals surface area contributed by atoms with Crippen LogP contribution in [0.15, 0.2) is 5.16 Å². The third kappa shape index (κ3) is 2.37. The first-order valence-electron chi connectivity index (χ1n) is 4.44. The first-order valence-corrected chi connectivity index (χ1v) is 4.44. The molecule has 4 heteroatoms. The molecule has 1 fully saturated rings. The smallest absolute Gasteiger partial charge is 0.140 e. The Labute approximate surface area is 73.0 Å². The Hall–Kier alpha value is -0.770. The Morgan fingerprint density at radius 2 is 2.50 bits per heavy atom. The molecule has 1 unspecified atom stereocenters. The van der Waals surface area contributed by atoms with Crippen LogP contribution in [-0.4, -0.2) is 35.1 Å². The molecule has 1 heterocycles. The number of nitrogens with two attached hydrogens (primary N) is 1. The Morgan fingerprint density at radius 1 is 1.75 bits per heavy atom. The molecule has 0 aromatic heterocycles. The van der Waals surface area contributed by atoms with Crippen molar-refractivity contribution in [3.05, 3.63) is 0 Å². The third-order valence-electron chi connectivity index (χ3n) is 2.47. The highest BCUT2D eigenvalue weighted by molar-refractivity contribution is 5.79. The second-order valence-corrected chi connectivity index (χ2v) is 3.37. The molecule has 1 aliphatic rings. The topological polar surface area (TPSA) is 61.8 Å². The zero-order valence-electron chi connectivity index (χ0n) is 7.53. The van der Waals surface area contributed by atoms with Crippen molar-refractivity contribution < 1.29 is 5.21 Å².